The van der Waals surface area contributed by atoms with E-state index < -0.39 is 0 Å². The van der Waals surface area contributed by atoms with Crippen LogP contribution in [0.1, 0.15) is 52.0 Å². The van der Waals surface area contributed by atoms with E-state index in [9.17, 15) is 4.79 Å². The molecule has 0 bridgehead atoms. The van der Waals surface area contributed by atoms with Crippen molar-refractivity contribution in [2.24, 2.45) is 5.92 Å². The van der Waals surface area contributed by atoms with Crippen LogP contribution in [-0.2, 0) is 10.2 Å². The van der Waals surface area contributed by atoms with Crippen molar-refractivity contribution in [2.45, 2.75) is 57.9 Å². The normalized spacial score (nSPS) is 19.0. The molecule has 0 aromatic heterocycles. The van der Waals surface area contributed by atoms with Crippen molar-refractivity contribution in [2.75, 3.05) is 13.1 Å². The Bertz CT molecular complexity index is 470. The highest BCUT2D eigenvalue weighted by Crippen LogP contribution is 2.28. The Hall–Kier alpha value is -1.06. The Labute approximate surface area is 147 Å². The number of hydrogen-bond acceptors (Lipinski definition) is 2. The van der Waals surface area contributed by atoms with Crippen molar-refractivity contribution >= 4 is 18.3 Å². The fourth-order valence-electron chi connectivity index (χ4n) is 3.42. The molecule has 2 N–H and O–H groups in total. The molecule has 1 fully saturated rings. The van der Waals surface area contributed by atoms with Gasteiger partial charge in [-0.25, -0.2) is 0 Å². The maximum absolute atomic E-state index is 12.3. The first-order chi connectivity index (χ1) is 10.5. The molecule has 0 saturated carbocycles. The van der Waals surface area contributed by atoms with Crippen molar-refractivity contribution in [3.05, 3.63) is 35.9 Å². The lowest BCUT2D eigenvalue weighted by atomic mass is 9.76. The lowest BCUT2D eigenvalue weighted by Crippen LogP contribution is -2.47. The number of hydrogen-bond donors (Lipinski definition) is 2. The van der Waals surface area contributed by atoms with Gasteiger partial charge in [-0.05, 0) is 43.8 Å². The fraction of sp³-hybridized carbons (Fsp3) is 0.632. The SMILES string of the molecule is CCC(NC(=O)CCC1CCNC1)C(C)(C)c1ccccc1.Cl. The highest BCUT2D eigenvalue weighted by atomic mass is 35.5. The predicted octanol–water partition coefficient (Wildman–Crippen LogP) is 3.67. The van der Waals surface area contributed by atoms with Crippen molar-refractivity contribution in [1.82, 2.24) is 10.6 Å². The van der Waals surface area contributed by atoms with E-state index in [0.717, 1.165) is 25.9 Å². The molecule has 1 aliphatic heterocycles. The summed E-state index contributed by atoms with van der Waals surface area (Å²) < 4.78 is 0. The fourth-order valence-corrected chi connectivity index (χ4v) is 3.42. The molecule has 1 amide bonds. The Morgan fingerprint density at radius 1 is 1.35 bits per heavy atom. The Morgan fingerprint density at radius 2 is 2.04 bits per heavy atom. The van der Waals surface area contributed by atoms with Gasteiger partial charge in [0.2, 0.25) is 5.91 Å². The molecule has 1 aliphatic rings. The first kappa shape index (κ1) is 20.0. The van der Waals surface area contributed by atoms with Gasteiger partial charge in [-0.1, -0.05) is 51.1 Å². The summed E-state index contributed by atoms with van der Waals surface area (Å²) in [5, 5.41) is 6.63. The average molecular weight is 339 g/mol. The summed E-state index contributed by atoms with van der Waals surface area (Å²) in [6.07, 6.45) is 3.80. The van der Waals surface area contributed by atoms with E-state index in [4.69, 9.17) is 0 Å². The predicted molar refractivity (Wildman–Crippen MR) is 99.1 cm³/mol. The molecule has 0 spiro atoms. The third-order valence-electron chi connectivity index (χ3n) is 5.07. The topological polar surface area (TPSA) is 41.1 Å². The van der Waals surface area contributed by atoms with Gasteiger partial charge in [0.05, 0.1) is 0 Å². The lowest BCUT2D eigenvalue weighted by molar-refractivity contribution is -0.122. The average Bonchev–Trinajstić information content (AvgIpc) is 3.04. The molecule has 0 aliphatic carbocycles. The van der Waals surface area contributed by atoms with Crippen LogP contribution >= 0.6 is 12.4 Å². The Kier molecular flexibility index (Phi) is 8.07. The lowest BCUT2D eigenvalue weighted by Gasteiger charge is -2.35. The molecule has 130 valence electrons. The summed E-state index contributed by atoms with van der Waals surface area (Å²) in [6.45, 7) is 8.76. The van der Waals surface area contributed by atoms with Crippen LogP contribution < -0.4 is 10.6 Å². The first-order valence-corrected chi connectivity index (χ1v) is 8.59. The maximum atomic E-state index is 12.3. The van der Waals surface area contributed by atoms with E-state index in [0.29, 0.717) is 12.3 Å². The maximum Gasteiger partial charge on any atom is 0.220 e. The van der Waals surface area contributed by atoms with Gasteiger partial charge in [0.15, 0.2) is 0 Å². The second kappa shape index (κ2) is 9.29. The van der Waals surface area contributed by atoms with Crippen LogP contribution in [-0.4, -0.2) is 25.0 Å². The highest BCUT2D eigenvalue weighted by Gasteiger charge is 2.31. The van der Waals surface area contributed by atoms with E-state index in [1.54, 1.807) is 0 Å². The van der Waals surface area contributed by atoms with Gasteiger partial charge in [0.25, 0.3) is 0 Å². The highest BCUT2D eigenvalue weighted by molar-refractivity contribution is 5.85. The summed E-state index contributed by atoms with van der Waals surface area (Å²) in [6, 6.07) is 10.6. The zero-order valence-electron chi connectivity index (χ0n) is 14.6. The molecule has 1 heterocycles. The van der Waals surface area contributed by atoms with Crippen LogP contribution in [0.2, 0.25) is 0 Å². The number of carbonyl (C=O) groups excluding carboxylic acids is 1. The van der Waals surface area contributed by atoms with Gasteiger partial charge in [0.1, 0.15) is 0 Å². The van der Waals surface area contributed by atoms with Gasteiger partial charge < -0.3 is 10.6 Å². The van der Waals surface area contributed by atoms with Crippen LogP contribution in [0.25, 0.3) is 0 Å². The van der Waals surface area contributed by atoms with Crippen molar-refractivity contribution in [3.8, 4) is 0 Å². The molecule has 2 unspecified atom stereocenters. The van der Waals surface area contributed by atoms with E-state index in [1.165, 1.54) is 12.0 Å². The van der Waals surface area contributed by atoms with Crippen LogP contribution in [0.5, 0.6) is 0 Å². The molecule has 2 atom stereocenters. The molecule has 3 nitrogen and oxygen atoms in total. The zero-order chi connectivity index (χ0) is 16.0. The summed E-state index contributed by atoms with van der Waals surface area (Å²) in [5.41, 5.74) is 1.22. The number of halogens is 1. The molecule has 1 aromatic carbocycles. The Balaban J connectivity index is 0.00000264. The summed E-state index contributed by atoms with van der Waals surface area (Å²) >= 11 is 0. The molecule has 0 radical (unpaired) electrons. The van der Waals surface area contributed by atoms with Gasteiger partial charge >= 0.3 is 0 Å². The van der Waals surface area contributed by atoms with Crippen LogP contribution in [0.15, 0.2) is 30.3 Å². The third-order valence-corrected chi connectivity index (χ3v) is 5.07. The minimum Gasteiger partial charge on any atom is -0.353 e. The minimum atomic E-state index is -0.0550. The number of rotatable bonds is 7. The van der Waals surface area contributed by atoms with Crippen molar-refractivity contribution in [1.29, 1.82) is 0 Å². The second-order valence-corrected chi connectivity index (χ2v) is 7.01. The number of amides is 1. The molecule has 2 rings (SSSR count). The van der Waals surface area contributed by atoms with Gasteiger partial charge in [-0.15, -0.1) is 12.4 Å². The summed E-state index contributed by atoms with van der Waals surface area (Å²) in [4.78, 5) is 12.3. The quantitative estimate of drug-likeness (QED) is 0.796. The van der Waals surface area contributed by atoms with Gasteiger partial charge in [0, 0.05) is 17.9 Å². The summed E-state index contributed by atoms with van der Waals surface area (Å²) in [7, 11) is 0. The van der Waals surface area contributed by atoms with E-state index in [2.05, 4.69) is 55.7 Å². The van der Waals surface area contributed by atoms with E-state index in [-0.39, 0.29) is 29.8 Å². The molecule has 23 heavy (non-hydrogen) atoms. The molecule has 1 aromatic rings. The number of nitrogens with one attached hydrogen (secondary N) is 2. The van der Waals surface area contributed by atoms with Crippen LogP contribution in [0.4, 0.5) is 0 Å². The monoisotopic (exact) mass is 338 g/mol. The van der Waals surface area contributed by atoms with Gasteiger partial charge in [-0.2, -0.15) is 0 Å². The largest absolute Gasteiger partial charge is 0.353 e. The second-order valence-electron chi connectivity index (χ2n) is 7.01. The minimum absolute atomic E-state index is 0. The number of benzene rings is 1. The molecule has 1 saturated heterocycles. The standard InChI is InChI=1S/C19H30N2O.ClH/c1-4-17(19(2,3)16-8-6-5-7-9-16)21-18(22)11-10-15-12-13-20-14-15;/h5-9,15,17,20H,4,10-14H2,1-3H3,(H,21,22);1H. The molecular formula is C19H31ClN2O. The first-order valence-electron chi connectivity index (χ1n) is 8.59. The molecule has 4 heteroatoms. The van der Waals surface area contributed by atoms with Gasteiger partial charge in [-0.3, -0.25) is 4.79 Å². The van der Waals surface area contributed by atoms with Crippen molar-refractivity contribution < 1.29 is 4.79 Å². The number of carbonyl (C=O) groups is 1. The van der Waals surface area contributed by atoms with E-state index in [1.807, 2.05) is 6.07 Å². The zero-order valence-corrected chi connectivity index (χ0v) is 15.4. The van der Waals surface area contributed by atoms with Crippen LogP contribution in [0.3, 0.4) is 0 Å². The Morgan fingerprint density at radius 3 is 2.61 bits per heavy atom. The third kappa shape index (κ3) is 5.50. The van der Waals surface area contributed by atoms with Crippen molar-refractivity contribution in [3.63, 3.8) is 0 Å². The van der Waals surface area contributed by atoms with Crippen LogP contribution in [0, 0.1) is 5.92 Å². The smallest absolute Gasteiger partial charge is 0.220 e. The summed E-state index contributed by atoms with van der Waals surface area (Å²) in [5.74, 6) is 0.871. The van der Waals surface area contributed by atoms with E-state index >= 15 is 0 Å². The molecular weight excluding hydrogens is 308 g/mol.